The molecular formula is C18H21NO. The highest BCUT2D eigenvalue weighted by molar-refractivity contribution is 5.57. The molecule has 1 N–H and O–H groups in total. The van der Waals surface area contributed by atoms with Crippen molar-refractivity contribution < 1.29 is 5.11 Å². The summed E-state index contributed by atoms with van der Waals surface area (Å²) in [6.45, 7) is 6.06. The van der Waals surface area contributed by atoms with E-state index >= 15 is 0 Å². The zero-order valence-corrected chi connectivity index (χ0v) is 12.1. The Balaban J connectivity index is 1.93. The molecule has 1 heterocycles. The van der Waals surface area contributed by atoms with E-state index in [1.54, 1.807) is 0 Å². The molecule has 0 fully saturated rings. The van der Waals surface area contributed by atoms with Gasteiger partial charge in [0.05, 0.1) is 0 Å². The maximum atomic E-state index is 10.2. The van der Waals surface area contributed by atoms with Crippen LogP contribution in [0.2, 0.25) is 0 Å². The SMILES string of the molecule is Cc1cccc(CN2CC(C)Cc3ccccc32)c1O. The molecule has 0 spiro atoms. The Kier molecular flexibility index (Phi) is 3.39. The number of benzene rings is 2. The van der Waals surface area contributed by atoms with Crippen molar-refractivity contribution in [2.45, 2.75) is 26.8 Å². The smallest absolute Gasteiger partial charge is 0.123 e. The van der Waals surface area contributed by atoms with Crippen LogP contribution < -0.4 is 4.90 Å². The molecule has 2 nitrogen and oxygen atoms in total. The molecule has 1 unspecified atom stereocenters. The van der Waals surface area contributed by atoms with Crippen LogP contribution in [0.25, 0.3) is 0 Å². The molecule has 0 amide bonds. The third kappa shape index (κ3) is 2.38. The second-order valence-corrected chi connectivity index (χ2v) is 5.90. The van der Waals surface area contributed by atoms with Crippen LogP contribution in [0, 0.1) is 12.8 Å². The summed E-state index contributed by atoms with van der Waals surface area (Å²) in [6.07, 6.45) is 1.15. The summed E-state index contributed by atoms with van der Waals surface area (Å²) in [7, 11) is 0. The fraction of sp³-hybridized carbons (Fsp3) is 0.333. The first-order chi connectivity index (χ1) is 9.65. The summed E-state index contributed by atoms with van der Waals surface area (Å²) < 4.78 is 0. The average molecular weight is 267 g/mol. The fourth-order valence-electron chi connectivity index (χ4n) is 3.11. The van der Waals surface area contributed by atoms with Gasteiger partial charge in [0.1, 0.15) is 5.75 Å². The largest absolute Gasteiger partial charge is 0.507 e. The number of aryl methyl sites for hydroxylation is 1. The van der Waals surface area contributed by atoms with Gasteiger partial charge in [-0.2, -0.15) is 0 Å². The molecule has 2 aromatic rings. The fourth-order valence-corrected chi connectivity index (χ4v) is 3.11. The first kappa shape index (κ1) is 13.0. The van der Waals surface area contributed by atoms with Crippen molar-refractivity contribution in [1.29, 1.82) is 0 Å². The van der Waals surface area contributed by atoms with Crippen molar-refractivity contribution in [3.05, 3.63) is 59.2 Å². The van der Waals surface area contributed by atoms with Crippen molar-refractivity contribution in [3.63, 3.8) is 0 Å². The lowest BCUT2D eigenvalue weighted by Gasteiger charge is -2.35. The number of hydrogen-bond acceptors (Lipinski definition) is 2. The molecule has 2 aromatic carbocycles. The molecule has 20 heavy (non-hydrogen) atoms. The standard InChI is InChI=1S/C18H21NO/c1-13-10-15-7-3-4-9-17(15)19(11-13)12-16-8-5-6-14(2)18(16)20/h3-9,13,20H,10-12H2,1-2H3. The highest BCUT2D eigenvalue weighted by atomic mass is 16.3. The van der Waals surface area contributed by atoms with Crippen molar-refractivity contribution in [1.82, 2.24) is 0 Å². The topological polar surface area (TPSA) is 23.5 Å². The number of fused-ring (bicyclic) bond motifs is 1. The van der Waals surface area contributed by atoms with Gasteiger partial charge in [-0.3, -0.25) is 0 Å². The molecule has 1 aliphatic heterocycles. The van der Waals surface area contributed by atoms with Gasteiger partial charge in [0.25, 0.3) is 0 Å². The Morgan fingerprint density at radius 1 is 1.15 bits per heavy atom. The second-order valence-electron chi connectivity index (χ2n) is 5.90. The minimum atomic E-state index is 0.434. The van der Waals surface area contributed by atoms with Gasteiger partial charge in [0.15, 0.2) is 0 Å². The predicted molar refractivity (Wildman–Crippen MR) is 83.2 cm³/mol. The van der Waals surface area contributed by atoms with Gasteiger partial charge in [0, 0.05) is 24.3 Å². The minimum Gasteiger partial charge on any atom is -0.507 e. The van der Waals surface area contributed by atoms with Gasteiger partial charge in [-0.05, 0) is 36.5 Å². The minimum absolute atomic E-state index is 0.434. The van der Waals surface area contributed by atoms with Gasteiger partial charge in [0.2, 0.25) is 0 Å². The number of nitrogens with zero attached hydrogens (tertiary/aromatic N) is 1. The second kappa shape index (κ2) is 5.20. The number of anilines is 1. The normalized spacial score (nSPS) is 17.9. The first-order valence-corrected chi connectivity index (χ1v) is 7.25. The zero-order chi connectivity index (χ0) is 14.1. The molecule has 104 valence electrons. The molecule has 1 aliphatic rings. The maximum absolute atomic E-state index is 10.2. The van der Waals surface area contributed by atoms with E-state index in [0.717, 1.165) is 30.6 Å². The van der Waals surface area contributed by atoms with Crippen molar-refractivity contribution in [2.24, 2.45) is 5.92 Å². The summed E-state index contributed by atoms with van der Waals surface area (Å²) in [6, 6.07) is 14.6. The van der Waals surface area contributed by atoms with Crippen LogP contribution in [0.3, 0.4) is 0 Å². The summed E-state index contributed by atoms with van der Waals surface area (Å²) >= 11 is 0. The van der Waals surface area contributed by atoms with Gasteiger partial charge in [-0.1, -0.05) is 43.3 Å². The number of para-hydroxylation sites is 2. The Bertz CT molecular complexity index is 621. The van der Waals surface area contributed by atoms with Crippen molar-refractivity contribution in [3.8, 4) is 5.75 Å². The number of rotatable bonds is 2. The Hall–Kier alpha value is -1.96. The number of aromatic hydroxyl groups is 1. The van der Waals surface area contributed by atoms with E-state index in [1.807, 2.05) is 25.1 Å². The van der Waals surface area contributed by atoms with E-state index in [-0.39, 0.29) is 0 Å². The monoisotopic (exact) mass is 267 g/mol. The molecule has 0 saturated heterocycles. The zero-order valence-electron chi connectivity index (χ0n) is 12.1. The van der Waals surface area contributed by atoms with E-state index in [0.29, 0.717) is 11.7 Å². The summed E-state index contributed by atoms with van der Waals surface area (Å²) in [5.41, 5.74) is 4.68. The Labute approximate surface area is 120 Å². The molecule has 0 aromatic heterocycles. The van der Waals surface area contributed by atoms with Crippen LogP contribution in [0.1, 0.15) is 23.6 Å². The molecule has 2 heteroatoms. The molecule has 0 bridgehead atoms. The third-order valence-corrected chi connectivity index (χ3v) is 4.12. The van der Waals surface area contributed by atoms with Crippen LogP contribution in [0.5, 0.6) is 5.75 Å². The van der Waals surface area contributed by atoms with Crippen LogP contribution in [-0.2, 0) is 13.0 Å². The highest BCUT2D eigenvalue weighted by Gasteiger charge is 2.22. The van der Waals surface area contributed by atoms with E-state index in [9.17, 15) is 5.11 Å². The third-order valence-electron chi connectivity index (χ3n) is 4.12. The van der Waals surface area contributed by atoms with Crippen LogP contribution in [0.15, 0.2) is 42.5 Å². The molecule has 1 atom stereocenters. The molecule has 3 rings (SSSR count). The molecule has 0 saturated carbocycles. The lowest BCUT2D eigenvalue weighted by molar-refractivity contribution is 0.459. The van der Waals surface area contributed by atoms with Gasteiger partial charge >= 0.3 is 0 Å². The molecule has 0 aliphatic carbocycles. The first-order valence-electron chi connectivity index (χ1n) is 7.25. The van der Waals surface area contributed by atoms with Gasteiger partial charge in [-0.25, -0.2) is 0 Å². The summed E-state index contributed by atoms with van der Waals surface area (Å²) in [5.74, 6) is 1.08. The quantitative estimate of drug-likeness (QED) is 0.892. The van der Waals surface area contributed by atoms with E-state index in [2.05, 4.69) is 36.1 Å². The Morgan fingerprint density at radius 2 is 1.95 bits per heavy atom. The van der Waals surface area contributed by atoms with Crippen LogP contribution in [0.4, 0.5) is 5.69 Å². The average Bonchev–Trinajstić information content (AvgIpc) is 2.43. The Morgan fingerprint density at radius 3 is 2.80 bits per heavy atom. The van der Waals surface area contributed by atoms with E-state index < -0.39 is 0 Å². The van der Waals surface area contributed by atoms with E-state index in [4.69, 9.17) is 0 Å². The highest BCUT2D eigenvalue weighted by Crippen LogP contribution is 2.32. The number of phenols is 1. The number of hydrogen-bond donors (Lipinski definition) is 1. The lowest BCUT2D eigenvalue weighted by atomic mass is 9.93. The number of phenolic OH excluding ortho intramolecular Hbond substituents is 1. The van der Waals surface area contributed by atoms with E-state index in [1.165, 1.54) is 11.3 Å². The van der Waals surface area contributed by atoms with Gasteiger partial charge in [-0.15, -0.1) is 0 Å². The molecule has 0 radical (unpaired) electrons. The maximum Gasteiger partial charge on any atom is 0.123 e. The lowest BCUT2D eigenvalue weighted by Crippen LogP contribution is -2.33. The van der Waals surface area contributed by atoms with Crippen LogP contribution >= 0.6 is 0 Å². The van der Waals surface area contributed by atoms with Crippen molar-refractivity contribution >= 4 is 5.69 Å². The van der Waals surface area contributed by atoms with Gasteiger partial charge < -0.3 is 10.0 Å². The van der Waals surface area contributed by atoms with Crippen molar-refractivity contribution in [2.75, 3.05) is 11.4 Å². The predicted octanol–water partition coefficient (Wildman–Crippen LogP) is 3.90. The van der Waals surface area contributed by atoms with Crippen LogP contribution in [-0.4, -0.2) is 11.7 Å². The molecular weight excluding hydrogens is 246 g/mol. The summed E-state index contributed by atoms with van der Waals surface area (Å²) in [4.78, 5) is 2.39. The summed E-state index contributed by atoms with van der Waals surface area (Å²) in [5, 5.41) is 10.2.